The summed E-state index contributed by atoms with van der Waals surface area (Å²) in [4.78, 5) is 27.0. The van der Waals surface area contributed by atoms with Gasteiger partial charge < -0.3 is 10.3 Å². The van der Waals surface area contributed by atoms with Gasteiger partial charge in [0, 0.05) is 18.9 Å². The number of thiophene rings is 1. The van der Waals surface area contributed by atoms with E-state index in [9.17, 15) is 9.59 Å². The van der Waals surface area contributed by atoms with Crippen LogP contribution in [-0.4, -0.2) is 27.1 Å². The van der Waals surface area contributed by atoms with Crippen molar-refractivity contribution < 1.29 is 4.79 Å². The number of carbonyl (C=O) groups is 1. The number of aromatic nitrogens is 3. The average Bonchev–Trinajstić information content (AvgIpc) is 3.07. The smallest absolute Gasteiger partial charge is 0.273 e. The van der Waals surface area contributed by atoms with E-state index in [1.807, 2.05) is 17.5 Å². The van der Waals surface area contributed by atoms with Crippen molar-refractivity contribution in [3.63, 3.8) is 0 Å². The molecule has 0 atom stereocenters. The molecular weight excluding hydrogens is 276 g/mol. The highest BCUT2D eigenvalue weighted by molar-refractivity contribution is 7.13. The van der Waals surface area contributed by atoms with E-state index in [2.05, 4.69) is 20.5 Å². The molecule has 7 heteroatoms. The molecule has 2 N–H and O–H groups in total. The zero-order chi connectivity index (χ0) is 13.9. The van der Waals surface area contributed by atoms with Gasteiger partial charge >= 0.3 is 0 Å². The lowest BCUT2D eigenvalue weighted by Gasteiger charge is -2.02. The number of carbonyl (C=O) groups excluding carboxylic acids is 1. The van der Waals surface area contributed by atoms with Gasteiger partial charge in [0.2, 0.25) is 5.91 Å². The van der Waals surface area contributed by atoms with E-state index in [0.717, 1.165) is 17.7 Å². The van der Waals surface area contributed by atoms with Crippen molar-refractivity contribution in [1.29, 1.82) is 0 Å². The highest BCUT2D eigenvalue weighted by Crippen LogP contribution is 2.19. The Morgan fingerprint density at radius 2 is 2.30 bits per heavy atom. The Hall–Kier alpha value is -2.02. The lowest BCUT2D eigenvalue weighted by molar-refractivity contribution is -0.121. The molecule has 1 aliphatic carbocycles. The molecule has 0 aliphatic heterocycles. The van der Waals surface area contributed by atoms with Gasteiger partial charge in [-0.15, -0.1) is 21.5 Å². The van der Waals surface area contributed by atoms with Gasteiger partial charge in [-0.2, -0.15) is 0 Å². The van der Waals surface area contributed by atoms with Crippen LogP contribution in [0.2, 0.25) is 0 Å². The summed E-state index contributed by atoms with van der Waals surface area (Å²) in [6.45, 7) is 0. The largest absolute Gasteiger partial charge is 0.353 e. The predicted octanol–water partition coefficient (Wildman–Crippen LogP) is 1.10. The molecule has 0 bridgehead atoms. The zero-order valence-electron chi connectivity index (χ0n) is 10.8. The number of aromatic amines is 1. The summed E-state index contributed by atoms with van der Waals surface area (Å²) in [5, 5.41) is 12.7. The molecule has 2 aromatic heterocycles. The van der Waals surface area contributed by atoms with Gasteiger partial charge in [0.15, 0.2) is 5.82 Å². The minimum atomic E-state index is -0.275. The molecule has 1 saturated carbocycles. The van der Waals surface area contributed by atoms with E-state index in [1.165, 1.54) is 11.3 Å². The zero-order valence-corrected chi connectivity index (χ0v) is 11.6. The molecule has 1 fully saturated rings. The first-order chi connectivity index (χ1) is 9.72. The number of H-pyrrole nitrogens is 1. The third kappa shape index (κ3) is 3.11. The van der Waals surface area contributed by atoms with E-state index in [1.54, 1.807) is 0 Å². The second kappa shape index (κ2) is 5.54. The quantitative estimate of drug-likeness (QED) is 0.863. The first kappa shape index (κ1) is 13.0. The molecule has 6 nitrogen and oxygen atoms in total. The molecule has 0 saturated heterocycles. The second-order valence-electron chi connectivity index (χ2n) is 4.77. The Kier molecular flexibility index (Phi) is 3.60. The molecule has 0 unspecified atom stereocenters. The molecule has 2 heterocycles. The molecule has 104 valence electrons. The molecule has 2 aromatic rings. The van der Waals surface area contributed by atoms with Crippen LogP contribution in [0.3, 0.4) is 0 Å². The summed E-state index contributed by atoms with van der Waals surface area (Å²) >= 11 is 1.49. The number of rotatable bonds is 5. The lowest BCUT2D eigenvalue weighted by Crippen LogP contribution is -2.27. The summed E-state index contributed by atoms with van der Waals surface area (Å²) in [5.74, 6) is 0.437. The van der Waals surface area contributed by atoms with Crippen LogP contribution in [0.1, 0.15) is 25.0 Å². The molecule has 1 amide bonds. The van der Waals surface area contributed by atoms with E-state index in [-0.39, 0.29) is 17.9 Å². The number of nitrogens with zero attached hydrogens (tertiary/aromatic N) is 2. The molecule has 0 radical (unpaired) electrons. The van der Waals surface area contributed by atoms with Crippen molar-refractivity contribution in [3.8, 4) is 10.7 Å². The SMILES string of the molecule is O=C(CCc1nnc(-c2cccs2)[nH]c1=O)NC1CC1. The fraction of sp³-hybridized carbons (Fsp3) is 0.385. The third-order valence-electron chi connectivity index (χ3n) is 3.05. The van der Waals surface area contributed by atoms with Crippen LogP contribution < -0.4 is 10.9 Å². The predicted molar refractivity (Wildman–Crippen MR) is 75.5 cm³/mol. The summed E-state index contributed by atoms with van der Waals surface area (Å²) in [6, 6.07) is 4.09. The van der Waals surface area contributed by atoms with Gasteiger partial charge in [-0.25, -0.2) is 0 Å². The summed E-state index contributed by atoms with van der Waals surface area (Å²) in [7, 11) is 0. The molecule has 0 aromatic carbocycles. The fourth-order valence-corrected chi connectivity index (χ4v) is 2.47. The number of amides is 1. The highest BCUT2D eigenvalue weighted by atomic mass is 32.1. The number of nitrogens with one attached hydrogen (secondary N) is 2. The Morgan fingerprint density at radius 3 is 2.95 bits per heavy atom. The lowest BCUT2D eigenvalue weighted by atomic mass is 10.2. The van der Waals surface area contributed by atoms with Gasteiger partial charge in [0.25, 0.3) is 5.56 Å². The minimum Gasteiger partial charge on any atom is -0.353 e. The third-order valence-corrected chi connectivity index (χ3v) is 3.93. The Bertz CT molecular complexity index is 661. The number of hydrogen-bond donors (Lipinski definition) is 2. The first-order valence-corrected chi connectivity index (χ1v) is 7.39. The van der Waals surface area contributed by atoms with Crippen LogP contribution in [0.15, 0.2) is 22.3 Å². The Balaban J connectivity index is 1.65. The summed E-state index contributed by atoms with van der Waals surface area (Å²) < 4.78 is 0. The maximum atomic E-state index is 11.9. The molecular formula is C13H14N4O2S. The van der Waals surface area contributed by atoms with Crippen LogP contribution in [0.5, 0.6) is 0 Å². The fourth-order valence-electron chi connectivity index (χ4n) is 1.81. The minimum absolute atomic E-state index is 0.0315. The summed E-state index contributed by atoms with van der Waals surface area (Å²) in [6.07, 6.45) is 2.70. The van der Waals surface area contributed by atoms with Crippen LogP contribution in [0.4, 0.5) is 0 Å². The maximum absolute atomic E-state index is 11.9. The van der Waals surface area contributed by atoms with E-state index < -0.39 is 0 Å². The van der Waals surface area contributed by atoms with Crippen LogP contribution in [-0.2, 0) is 11.2 Å². The van der Waals surface area contributed by atoms with E-state index >= 15 is 0 Å². The maximum Gasteiger partial charge on any atom is 0.273 e. The van der Waals surface area contributed by atoms with E-state index in [0.29, 0.717) is 24.0 Å². The monoisotopic (exact) mass is 290 g/mol. The van der Waals surface area contributed by atoms with Crippen molar-refractivity contribution in [3.05, 3.63) is 33.6 Å². The van der Waals surface area contributed by atoms with Crippen molar-refractivity contribution >= 4 is 17.2 Å². The van der Waals surface area contributed by atoms with E-state index in [4.69, 9.17) is 0 Å². The Morgan fingerprint density at radius 1 is 1.45 bits per heavy atom. The summed E-state index contributed by atoms with van der Waals surface area (Å²) in [5.41, 5.74) is 0.0267. The van der Waals surface area contributed by atoms with Crippen molar-refractivity contribution in [2.45, 2.75) is 31.7 Å². The van der Waals surface area contributed by atoms with Gasteiger partial charge in [0.1, 0.15) is 5.69 Å². The highest BCUT2D eigenvalue weighted by Gasteiger charge is 2.23. The second-order valence-corrected chi connectivity index (χ2v) is 5.72. The average molecular weight is 290 g/mol. The standard InChI is InChI=1S/C13H14N4O2S/c18-11(14-8-3-4-8)6-5-9-13(19)15-12(17-16-9)10-2-1-7-20-10/h1-2,7-8H,3-6H2,(H,14,18)(H,15,17,19). The first-order valence-electron chi connectivity index (χ1n) is 6.51. The van der Waals surface area contributed by atoms with Crippen molar-refractivity contribution in [2.75, 3.05) is 0 Å². The van der Waals surface area contributed by atoms with Crippen LogP contribution >= 0.6 is 11.3 Å². The van der Waals surface area contributed by atoms with Crippen molar-refractivity contribution in [1.82, 2.24) is 20.5 Å². The van der Waals surface area contributed by atoms with Crippen molar-refractivity contribution in [2.24, 2.45) is 0 Å². The normalized spacial score (nSPS) is 14.2. The Labute approximate surface area is 119 Å². The van der Waals surface area contributed by atoms with Gasteiger partial charge in [0.05, 0.1) is 4.88 Å². The van der Waals surface area contributed by atoms with Gasteiger partial charge in [-0.05, 0) is 24.3 Å². The number of hydrogen-bond acceptors (Lipinski definition) is 5. The number of aryl methyl sites for hydroxylation is 1. The van der Waals surface area contributed by atoms with Gasteiger partial charge in [-0.1, -0.05) is 6.07 Å². The molecule has 3 rings (SSSR count). The van der Waals surface area contributed by atoms with Crippen LogP contribution in [0, 0.1) is 0 Å². The molecule has 1 aliphatic rings. The molecule has 20 heavy (non-hydrogen) atoms. The topological polar surface area (TPSA) is 87.7 Å². The molecule has 0 spiro atoms. The van der Waals surface area contributed by atoms with Gasteiger partial charge in [-0.3, -0.25) is 9.59 Å². The van der Waals surface area contributed by atoms with Crippen LogP contribution in [0.25, 0.3) is 10.7 Å².